The Bertz CT molecular complexity index is 1190. The highest BCUT2D eigenvalue weighted by atomic mass is 16.6. The van der Waals surface area contributed by atoms with E-state index in [1.54, 1.807) is 42.5 Å². The zero-order chi connectivity index (χ0) is 24.7. The van der Waals surface area contributed by atoms with Gasteiger partial charge >= 0.3 is 5.97 Å². The maximum atomic E-state index is 12.7. The van der Waals surface area contributed by atoms with Crippen LogP contribution in [0, 0.1) is 6.92 Å². The summed E-state index contributed by atoms with van der Waals surface area (Å²) < 4.78 is 11.3. The molecule has 1 amide bonds. The number of nitrogens with zero attached hydrogens (tertiary/aromatic N) is 1. The Hall–Kier alpha value is -3.93. The molecule has 0 spiro atoms. The van der Waals surface area contributed by atoms with E-state index in [-0.39, 0.29) is 11.3 Å². The minimum absolute atomic E-state index is 0.00134. The van der Waals surface area contributed by atoms with E-state index in [9.17, 15) is 9.59 Å². The van der Waals surface area contributed by atoms with Crippen molar-refractivity contribution in [3.05, 3.63) is 94.5 Å². The van der Waals surface area contributed by atoms with E-state index in [1.165, 1.54) is 6.21 Å². The molecule has 0 aromatic heterocycles. The molecule has 3 aromatic carbocycles. The minimum atomic E-state index is -0.465. The highest BCUT2D eigenvalue weighted by Crippen LogP contribution is 2.29. The Labute approximate surface area is 200 Å². The third-order valence-corrected chi connectivity index (χ3v) is 5.23. The first-order valence-corrected chi connectivity index (χ1v) is 11.2. The first-order valence-electron chi connectivity index (χ1n) is 11.2. The largest absolute Gasteiger partial charge is 0.490 e. The van der Waals surface area contributed by atoms with Crippen molar-refractivity contribution in [3.8, 4) is 11.5 Å². The number of carbonyl (C=O) groups excluding carboxylic acids is 2. The normalized spacial score (nSPS) is 11.3. The summed E-state index contributed by atoms with van der Waals surface area (Å²) in [5, 5.41) is 4.04. The monoisotopic (exact) mass is 458 g/mol. The molecule has 0 radical (unpaired) electrons. The predicted octanol–water partition coefficient (Wildman–Crippen LogP) is 5.67. The summed E-state index contributed by atoms with van der Waals surface area (Å²) in [4.78, 5) is 25.0. The number of hydrazone groups is 1. The standard InChI is InChI=1S/C28H30N2O4/c1-6-33-25-17-20(18-29-30-26(31)23-10-8-7-9-19(23)2)11-16-24(25)34-27(32)21-12-14-22(15-13-21)28(3,4)5/h7-18H,6H2,1-5H3,(H,30,31)/b29-18-. The molecule has 3 rings (SSSR count). The van der Waals surface area contributed by atoms with Crippen molar-refractivity contribution < 1.29 is 19.1 Å². The van der Waals surface area contributed by atoms with Crippen molar-refractivity contribution in [3.63, 3.8) is 0 Å². The van der Waals surface area contributed by atoms with Crippen molar-refractivity contribution >= 4 is 18.1 Å². The van der Waals surface area contributed by atoms with Crippen LogP contribution < -0.4 is 14.9 Å². The summed E-state index contributed by atoms with van der Waals surface area (Å²) in [5.41, 5.74) is 6.24. The Balaban J connectivity index is 1.71. The number of nitrogens with one attached hydrogen (secondary N) is 1. The van der Waals surface area contributed by atoms with E-state index >= 15 is 0 Å². The molecular formula is C28H30N2O4. The van der Waals surface area contributed by atoms with Gasteiger partial charge in [0.1, 0.15) is 0 Å². The van der Waals surface area contributed by atoms with Gasteiger partial charge in [0, 0.05) is 5.56 Å². The van der Waals surface area contributed by atoms with E-state index in [4.69, 9.17) is 9.47 Å². The third kappa shape index (κ3) is 6.32. The van der Waals surface area contributed by atoms with E-state index in [0.29, 0.717) is 34.8 Å². The van der Waals surface area contributed by atoms with Crippen LogP contribution in [0.4, 0.5) is 0 Å². The Kier molecular flexibility index (Phi) is 7.84. The van der Waals surface area contributed by atoms with Crippen LogP contribution in [0.25, 0.3) is 0 Å². The summed E-state index contributed by atoms with van der Waals surface area (Å²) in [7, 11) is 0. The molecule has 3 aromatic rings. The van der Waals surface area contributed by atoms with Crippen LogP contribution in [0.3, 0.4) is 0 Å². The van der Waals surface area contributed by atoms with Gasteiger partial charge in [-0.3, -0.25) is 4.79 Å². The van der Waals surface area contributed by atoms with Gasteiger partial charge in [-0.25, -0.2) is 10.2 Å². The molecular weight excluding hydrogens is 428 g/mol. The molecule has 0 bridgehead atoms. The number of amides is 1. The zero-order valence-corrected chi connectivity index (χ0v) is 20.2. The highest BCUT2D eigenvalue weighted by molar-refractivity contribution is 5.96. The first kappa shape index (κ1) is 24.7. The van der Waals surface area contributed by atoms with Crippen molar-refractivity contribution in [2.75, 3.05) is 6.61 Å². The lowest BCUT2D eigenvalue weighted by atomic mass is 9.87. The molecule has 6 heteroatoms. The van der Waals surface area contributed by atoms with E-state index in [0.717, 1.165) is 11.1 Å². The third-order valence-electron chi connectivity index (χ3n) is 5.23. The van der Waals surface area contributed by atoms with Crippen LogP contribution in [-0.2, 0) is 5.41 Å². The van der Waals surface area contributed by atoms with Gasteiger partial charge in [0.15, 0.2) is 11.5 Å². The second kappa shape index (κ2) is 10.8. The van der Waals surface area contributed by atoms with Crippen LogP contribution in [0.1, 0.15) is 65.1 Å². The first-order chi connectivity index (χ1) is 16.2. The molecule has 0 heterocycles. The van der Waals surface area contributed by atoms with Gasteiger partial charge in [0.25, 0.3) is 5.91 Å². The topological polar surface area (TPSA) is 77.0 Å². The van der Waals surface area contributed by atoms with Gasteiger partial charge in [-0.2, -0.15) is 5.10 Å². The van der Waals surface area contributed by atoms with Crippen molar-refractivity contribution in [1.29, 1.82) is 0 Å². The van der Waals surface area contributed by atoms with Crippen LogP contribution in [0.5, 0.6) is 11.5 Å². The molecule has 6 nitrogen and oxygen atoms in total. The molecule has 34 heavy (non-hydrogen) atoms. The second-order valence-electron chi connectivity index (χ2n) is 8.87. The van der Waals surface area contributed by atoms with E-state index in [1.807, 2.05) is 38.1 Å². The number of ether oxygens (including phenoxy) is 2. The number of hydrogen-bond donors (Lipinski definition) is 1. The number of rotatable bonds is 7. The molecule has 0 aliphatic rings. The van der Waals surface area contributed by atoms with Crippen LogP contribution in [-0.4, -0.2) is 24.7 Å². The Morgan fingerprint density at radius 3 is 2.32 bits per heavy atom. The van der Waals surface area contributed by atoms with Gasteiger partial charge in [0.05, 0.1) is 18.4 Å². The average Bonchev–Trinajstić information content (AvgIpc) is 2.80. The number of esters is 1. The molecule has 1 N–H and O–H groups in total. The zero-order valence-electron chi connectivity index (χ0n) is 20.2. The quantitative estimate of drug-likeness (QED) is 0.214. The summed E-state index contributed by atoms with van der Waals surface area (Å²) in [6, 6.07) is 19.8. The average molecular weight is 459 g/mol. The maximum absolute atomic E-state index is 12.7. The highest BCUT2D eigenvalue weighted by Gasteiger charge is 2.17. The van der Waals surface area contributed by atoms with E-state index < -0.39 is 5.97 Å². The van der Waals surface area contributed by atoms with Crippen molar-refractivity contribution in [2.24, 2.45) is 5.10 Å². The molecule has 0 aliphatic carbocycles. The molecule has 0 unspecified atom stereocenters. The van der Waals surface area contributed by atoms with Gasteiger partial charge in [-0.05, 0) is 72.4 Å². The van der Waals surface area contributed by atoms with Crippen LogP contribution >= 0.6 is 0 Å². The summed E-state index contributed by atoms with van der Waals surface area (Å²) in [6.07, 6.45) is 1.51. The van der Waals surface area contributed by atoms with Gasteiger partial charge in [-0.1, -0.05) is 51.1 Å². The molecule has 0 aliphatic heterocycles. The lowest BCUT2D eigenvalue weighted by Crippen LogP contribution is -2.18. The Morgan fingerprint density at radius 1 is 0.971 bits per heavy atom. The number of hydrogen-bond acceptors (Lipinski definition) is 5. The molecule has 0 atom stereocenters. The second-order valence-corrected chi connectivity index (χ2v) is 8.87. The van der Waals surface area contributed by atoms with Gasteiger partial charge in [0.2, 0.25) is 0 Å². The summed E-state index contributed by atoms with van der Waals surface area (Å²) in [5.74, 6) is -0.0279. The van der Waals surface area contributed by atoms with Crippen LogP contribution in [0.15, 0.2) is 71.8 Å². The van der Waals surface area contributed by atoms with Gasteiger partial charge in [-0.15, -0.1) is 0 Å². The fourth-order valence-corrected chi connectivity index (χ4v) is 3.28. The fourth-order valence-electron chi connectivity index (χ4n) is 3.28. The lowest BCUT2D eigenvalue weighted by Gasteiger charge is -2.19. The SMILES string of the molecule is CCOc1cc(/C=N\NC(=O)c2ccccc2C)ccc1OC(=O)c1ccc(C(C)(C)C)cc1. The predicted molar refractivity (Wildman–Crippen MR) is 134 cm³/mol. The molecule has 176 valence electrons. The molecule has 0 saturated carbocycles. The Morgan fingerprint density at radius 2 is 1.68 bits per heavy atom. The number of benzene rings is 3. The van der Waals surface area contributed by atoms with Gasteiger partial charge < -0.3 is 9.47 Å². The minimum Gasteiger partial charge on any atom is -0.490 e. The smallest absolute Gasteiger partial charge is 0.343 e. The summed E-state index contributed by atoms with van der Waals surface area (Å²) in [6.45, 7) is 10.5. The number of aryl methyl sites for hydroxylation is 1. The number of carbonyl (C=O) groups is 2. The lowest BCUT2D eigenvalue weighted by molar-refractivity contribution is 0.0728. The van der Waals surface area contributed by atoms with Crippen molar-refractivity contribution in [1.82, 2.24) is 5.43 Å². The molecule has 0 fully saturated rings. The fraction of sp³-hybridized carbons (Fsp3) is 0.250. The maximum Gasteiger partial charge on any atom is 0.343 e. The molecule has 0 saturated heterocycles. The van der Waals surface area contributed by atoms with Crippen LogP contribution in [0.2, 0.25) is 0 Å². The van der Waals surface area contributed by atoms with Crippen molar-refractivity contribution in [2.45, 2.75) is 40.0 Å². The van der Waals surface area contributed by atoms with E-state index in [2.05, 4.69) is 31.3 Å². The summed E-state index contributed by atoms with van der Waals surface area (Å²) >= 11 is 0.